The van der Waals surface area contributed by atoms with Crippen LogP contribution in [0.3, 0.4) is 0 Å². The zero-order chi connectivity index (χ0) is 8.48. The van der Waals surface area contributed by atoms with E-state index >= 15 is 0 Å². The van der Waals surface area contributed by atoms with Crippen LogP contribution in [0.2, 0.25) is 0 Å². The first kappa shape index (κ1) is 8.75. The quantitative estimate of drug-likeness (QED) is 0.558. The maximum absolute atomic E-state index is 9.91. The predicted molar refractivity (Wildman–Crippen MR) is 44.2 cm³/mol. The smallest absolute Gasteiger partial charge is 0.0774 e. The van der Waals surface area contributed by atoms with E-state index < -0.39 is 11.7 Å². The van der Waals surface area contributed by atoms with Gasteiger partial charge in [0.1, 0.15) is 0 Å². The third kappa shape index (κ3) is 1.47. The molecule has 0 fully saturated rings. The average molecular weight is 156 g/mol. The molecule has 0 radical (unpaired) electrons. The van der Waals surface area contributed by atoms with Gasteiger partial charge in [0, 0.05) is 5.92 Å². The van der Waals surface area contributed by atoms with Crippen LogP contribution in [0.25, 0.3) is 0 Å². The lowest BCUT2D eigenvalue weighted by Gasteiger charge is -2.37. The second-order valence-electron chi connectivity index (χ2n) is 3.37. The normalized spacial score (nSPS) is 44.4. The van der Waals surface area contributed by atoms with Crippen LogP contribution in [-0.4, -0.2) is 21.9 Å². The first-order chi connectivity index (χ1) is 5.10. The average Bonchev–Trinajstić information content (AvgIpc) is 2.00. The van der Waals surface area contributed by atoms with Crippen LogP contribution in [0.15, 0.2) is 12.2 Å². The summed E-state index contributed by atoms with van der Waals surface area (Å²) in [5.41, 5.74) is -0.686. The Kier molecular flexibility index (Phi) is 2.35. The van der Waals surface area contributed by atoms with Crippen LogP contribution in [0.1, 0.15) is 26.7 Å². The van der Waals surface area contributed by atoms with Gasteiger partial charge in [-0.25, -0.2) is 0 Å². The van der Waals surface area contributed by atoms with Crippen LogP contribution in [0.4, 0.5) is 0 Å². The van der Waals surface area contributed by atoms with E-state index in [0.717, 1.165) is 0 Å². The Hall–Kier alpha value is -0.340. The summed E-state index contributed by atoms with van der Waals surface area (Å²) in [7, 11) is 0. The number of rotatable bonds is 1. The lowest BCUT2D eigenvalue weighted by Crippen LogP contribution is -2.43. The van der Waals surface area contributed by atoms with Crippen molar-refractivity contribution in [1.82, 2.24) is 0 Å². The second kappa shape index (κ2) is 2.95. The molecule has 0 aromatic heterocycles. The molecular formula is C9H16O2. The van der Waals surface area contributed by atoms with Crippen LogP contribution in [0.5, 0.6) is 0 Å². The summed E-state index contributed by atoms with van der Waals surface area (Å²) < 4.78 is 0. The van der Waals surface area contributed by atoms with E-state index in [1.165, 1.54) is 0 Å². The van der Waals surface area contributed by atoms with E-state index in [1.54, 1.807) is 6.08 Å². The minimum absolute atomic E-state index is 0.0440. The van der Waals surface area contributed by atoms with E-state index in [0.29, 0.717) is 12.8 Å². The van der Waals surface area contributed by atoms with E-state index in [9.17, 15) is 10.2 Å². The van der Waals surface area contributed by atoms with E-state index in [4.69, 9.17) is 0 Å². The molecule has 0 saturated carbocycles. The minimum atomic E-state index is -0.686. The number of aliphatic hydroxyl groups excluding tert-OH is 1. The van der Waals surface area contributed by atoms with E-state index in [-0.39, 0.29) is 5.92 Å². The number of hydrogen-bond acceptors (Lipinski definition) is 2. The van der Waals surface area contributed by atoms with Crippen molar-refractivity contribution < 1.29 is 10.2 Å². The molecule has 2 nitrogen and oxygen atoms in total. The van der Waals surface area contributed by atoms with E-state index in [2.05, 4.69) is 0 Å². The molecule has 1 aliphatic carbocycles. The molecule has 0 aromatic rings. The second-order valence-corrected chi connectivity index (χ2v) is 3.37. The molecule has 0 saturated heterocycles. The van der Waals surface area contributed by atoms with Crippen molar-refractivity contribution in [1.29, 1.82) is 0 Å². The third-order valence-corrected chi connectivity index (χ3v) is 2.78. The highest BCUT2D eigenvalue weighted by atomic mass is 16.3. The van der Waals surface area contributed by atoms with Gasteiger partial charge in [0.15, 0.2) is 0 Å². The van der Waals surface area contributed by atoms with Crippen molar-refractivity contribution in [2.45, 2.75) is 38.4 Å². The standard InChI is InChI=1S/C9H16O2/c1-3-9(11)6-4-5-8(10)7(9)2/h4-5,7-8,10-11H,3,6H2,1-2H3. The molecule has 0 amide bonds. The Labute approximate surface area is 67.6 Å². The number of aliphatic hydroxyl groups is 2. The summed E-state index contributed by atoms with van der Waals surface area (Å²) in [6.07, 6.45) is 4.51. The highest BCUT2D eigenvalue weighted by Gasteiger charge is 2.36. The largest absolute Gasteiger partial charge is 0.389 e. The molecule has 11 heavy (non-hydrogen) atoms. The summed E-state index contributed by atoms with van der Waals surface area (Å²) in [5, 5.41) is 19.3. The summed E-state index contributed by atoms with van der Waals surface area (Å²) in [6.45, 7) is 3.83. The van der Waals surface area contributed by atoms with Crippen molar-refractivity contribution in [2.75, 3.05) is 0 Å². The van der Waals surface area contributed by atoms with Gasteiger partial charge in [-0.3, -0.25) is 0 Å². The molecule has 2 N–H and O–H groups in total. The van der Waals surface area contributed by atoms with Gasteiger partial charge in [0.2, 0.25) is 0 Å². The van der Waals surface area contributed by atoms with Gasteiger partial charge >= 0.3 is 0 Å². The van der Waals surface area contributed by atoms with Crippen LogP contribution < -0.4 is 0 Å². The molecular weight excluding hydrogens is 140 g/mol. The van der Waals surface area contributed by atoms with Gasteiger partial charge < -0.3 is 10.2 Å². The van der Waals surface area contributed by atoms with Crippen LogP contribution in [-0.2, 0) is 0 Å². The molecule has 3 unspecified atom stereocenters. The summed E-state index contributed by atoms with van der Waals surface area (Å²) in [6, 6.07) is 0. The predicted octanol–water partition coefficient (Wildman–Crippen LogP) is 1.08. The summed E-state index contributed by atoms with van der Waals surface area (Å²) >= 11 is 0. The minimum Gasteiger partial charge on any atom is -0.389 e. The Morgan fingerprint density at radius 3 is 2.73 bits per heavy atom. The Morgan fingerprint density at radius 2 is 2.27 bits per heavy atom. The zero-order valence-electron chi connectivity index (χ0n) is 7.12. The first-order valence-corrected chi connectivity index (χ1v) is 4.17. The third-order valence-electron chi connectivity index (χ3n) is 2.78. The molecule has 0 heterocycles. The van der Waals surface area contributed by atoms with Gasteiger partial charge in [-0.15, -0.1) is 0 Å². The lowest BCUT2D eigenvalue weighted by molar-refractivity contribution is -0.0581. The molecule has 3 atom stereocenters. The summed E-state index contributed by atoms with van der Waals surface area (Å²) in [4.78, 5) is 0. The first-order valence-electron chi connectivity index (χ1n) is 4.17. The van der Waals surface area contributed by atoms with Gasteiger partial charge in [0.25, 0.3) is 0 Å². The fourth-order valence-corrected chi connectivity index (χ4v) is 1.55. The van der Waals surface area contributed by atoms with Crippen molar-refractivity contribution >= 4 is 0 Å². The Bertz CT molecular complexity index is 165. The Morgan fingerprint density at radius 1 is 1.64 bits per heavy atom. The lowest BCUT2D eigenvalue weighted by atomic mass is 9.77. The molecule has 1 aliphatic rings. The molecule has 0 aliphatic heterocycles. The van der Waals surface area contributed by atoms with Crippen LogP contribution >= 0.6 is 0 Å². The van der Waals surface area contributed by atoms with Gasteiger partial charge in [-0.05, 0) is 12.8 Å². The molecule has 1 rings (SSSR count). The molecule has 2 heteroatoms. The fraction of sp³-hybridized carbons (Fsp3) is 0.778. The highest BCUT2D eigenvalue weighted by Crippen LogP contribution is 2.32. The molecule has 0 aromatic carbocycles. The van der Waals surface area contributed by atoms with Gasteiger partial charge in [0.05, 0.1) is 11.7 Å². The summed E-state index contributed by atoms with van der Waals surface area (Å²) in [5.74, 6) is -0.0440. The van der Waals surface area contributed by atoms with Crippen molar-refractivity contribution in [3.05, 3.63) is 12.2 Å². The molecule has 64 valence electrons. The van der Waals surface area contributed by atoms with Gasteiger partial charge in [-0.2, -0.15) is 0 Å². The van der Waals surface area contributed by atoms with E-state index in [1.807, 2.05) is 19.9 Å². The van der Waals surface area contributed by atoms with Crippen LogP contribution in [0, 0.1) is 5.92 Å². The maximum Gasteiger partial charge on any atom is 0.0774 e. The maximum atomic E-state index is 9.91. The van der Waals surface area contributed by atoms with Gasteiger partial charge in [-0.1, -0.05) is 26.0 Å². The molecule has 0 bridgehead atoms. The zero-order valence-corrected chi connectivity index (χ0v) is 7.12. The van der Waals surface area contributed by atoms with Crippen molar-refractivity contribution in [2.24, 2.45) is 5.92 Å². The highest BCUT2D eigenvalue weighted by molar-refractivity contribution is 5.06. The SMILES string of the molecule is CCC1(O)CC=CC(O)C1C. The fourth-order valence-electron chi connectivity index (χ4n) is 1.55. The van der Waals surface area contributed by atoms with Crippen molar-refractivity contribution in [3.63, 3.8) is 0 Å². The number of hydrogen-bond donors (Lipinski definition) is 2. The monoisotopic (exact) mass is 156 g/mol. The Balaban J connectivity index is 2.77. The molecule has 0 spiro atoms. The van der Waals surface area contributed by atoms with Crippen molar-refractivity contribution in [3.8, 4) is 0 Å². The topological polar surface area (TPSA) is 40.5 Å².